The normalized spacial score (nSPS) is 25.6. The molecule has 2 nitrogen and oxygen atoms in total. The number of hydrogen-bond acceptors (Lipinski definition) is 2. The summed E-state index contributed by atoms with van der Waals surface area (Å²) in [6.45, 7) is 0. The van der Waals surface area contributed by atoms with Gasteiger partial charge in [-0.1, -0.05) is 0 Å². The van der Waals surface area contributed by atoms with E-state index in [0.717, 1.165) is 0 Å². The minimum atomic E-state index is -4.04. The van der Waals surface area contributed by atoms with Crippen molar-refractivity contribution in [3.8, 4) is 0 Å². The third kappa shape index (κ3) is 2.12. The van der Waals surface area contributed by atoms with Crippen LogP contribution in [0.5, 0.6) is 0 Å². The molecule has 2 N–H and O–H groups in total. The Balaban J connectivity index is 2.47. The molecular weight excluding hydrogens is 169 g/mol. The lowest BCUT2D eigenvalue weighted by Crippen LogP contribution is -2.28. The molecule has 0 saturated heterocycles. The van der Waals surface area contributed by atoms with Gasteiger partial charge in [-0.15, -0.1) is 0 Å². The van der Waals surface area contributed by atoms with Gasteiger partial charge in [0.15, 0.2) is 0 Å². The summed E-state index contributed by atoms with van der Waals surface area (Å²) in [5, 5.41) is 3.41. The lowest BCUT2D eigenvalue weighted by atomic mass is 9.87. The smallest absolute Gasteiger partial charge is 0.323 e. The van der Waals surface area contributed by atoms with Gasteiger partial charge >= 0.3 is 6.18 Å². The molecule has 0 aromatic carbocycles. The molecule has 12 heavy (non-hydrogen) atoms. The van der Waals surface area contributed by atoms with E-state index < -0.39 is 12.1 Å². The molecule has 0 atom stereocenters. The maximum absolute atomic E-state index is 12.1. The molecule has 1 saturated carbocycles. The van der Waals surface area contributed by atoms with Crippen LogP contribution in [0.15, 0.2) is 5.10 Å². The van der Waals surface area contributed by atoms with E-state index in [0.29, 0.717) is 18.6 Å². The zero-order valence-electron chi connectivity index (χ0n) is 6.56. The van der Waals surface area contributed by atoms with Gasteiger partial charge in [0.2, 0.25) is 0 Å². The molecule has 0 aliphatic heterocycles. The first-order chi connectivity index (χ1) is 5.54. The largest absolute Gasteiger partial charge is 0.391 e. The number of hydrazone groups is 1. The van der Waals surface area contributed by atoms with Crippen LogP contribution in [-0.4, -0.2) is 11.9 Å². The first kappa shape index (κ1) is 9.35. The highest BCUT2D eigenvalue weighted by Gasteiger charge is 2.40. The number of nitrogens with two attached hydrogens (primary N) is 1. The monoisotopic (exact) mass is 180 g/mol. The molecule has 0 amide bonds. The Bertz CT molecular complexity index is 176. The quantitative estimate of drug-likeness (QED) is 0.449. The Morgan fingerprint density at radius 1 is 1.25 bits per heavy atom. The zero-order valence-corrected chi connectivity index (χ0v) is 6.56. The van der Waals surface area contributed by atoms with Crippen molar-refractivity contribution in [2.75, 3.05) is 0 Å². The lowest BCUT2D eigenvalue weighted by molar-refractivity contribution is -0.178. The van der Waals surface area contributed by atoms with Crippen LogP contribution in [0.4, 0.5) is 13.2 Å². The molecule has 1 aliphatic carbocycles. The van der Waals surface area contributed by atoms with Crippen molar-refractivity contribution in [3.63, 3.8) is 0 Å². The summed E-state index contributed by atoms with van der Waals surface area (Å²) < 4.78 is 36.3. The van der Waals surface area contributed by atoms with Crippen molar-refractivity contribution in [1.82, 2.24) is 0 Å². The molecule has 5 heteroatoms. The SMILES string of the molecule is NN=C1CCC(C(F)(F)F)CC1. The predicted molar refractivity (Wildman–Crippen MR) is 39.6 cm³/mol. The summed E-state index contributed by atoms with van der Waals surface area (Å²) in [6.07, 6.45) is -2.99. The van der Waals surface area contributed by atoms with Crippen LogP contribution in [-0.2, 0) is 0 Å². The number of alkyl halides is 3. The van der Waals surface area contributed by atoms with Crippen molar-refractivity contribution in [3.05, 3.63) is 0 Å². The Hall–Kier alpha value is -0.740. The van der Waals surface area contributed by atoms with Crippen LogP contribution in [0.1, 0.15) is 25.7 Å². The van der Waals surface area contributed by atoms with E-state index in [1.807, 2.05) is 0 Å². The van der Waals surface area contributed by atoms with Crippen LogP contribution in [0.2, 0.25) is 0 Å². The average Bonchev–Trinajstić information content (AvgIpc) is 2.03. The topological polar surface area (TPSA) is 38.4 Å². The molecule has 0 bridgehead atoms. The van der Waals surface area contributed by atoms with E-state index in [-0.39, 0.29) is 12.8 Å². The molecular formula is C7H11F3N2. The maximum atomic E-state index is 12.1. The summed E-state index contributed by atoms with van der Waals surface area (Å²) in [4.78, 5) is 0. The van der Waals surface area contributed by atoms with Crippen molar-refractivity contribution in [2.45, 2.75) is 31.9 Å². The van der Waals surface area contributed by atoms with Crippen molar-refractivity contribution in [1.29, 1.82) is 0 Å². The predicted octanol–water partition coefficient (Wildman–Crippen LogP) is 2.05. The number of nitrogens with zero attached hydrogens (tertiary/aromatic N) is 1. The van der Waals surface area contributed by atoms with Crippen LogP contribution in [0.25, 0.3) is 0 Å². The van der Waals surface area contributed by atoms with Crippen molar-refractivity contribution >= 4 is 5.71 Å². The Labute approximate surface area is 68.6 Å². The molecule has 0 unspecified atom stereocenters. The molecule has 0 aromatic heterocycles. The number of halogens is 3. The minimum absolute atomic E-state index is 0.138. The summed E-state index contributed by atoms with van der Waals surface area (Å²) in [5.74, 6) is 3.81. The molecule has 0 spiro atoms. The van der Waals surface area contributed by atoms with E-state index in [4.69, 9.17) is 5.84 Å². The van der Waals surface area contributed by atoms with Gasteiger partial charge in [-0.2, -0.15) is 18.3 Å². The summed E-state index contributed by atoms with van der Waals surface area (Å²) in [6, 6.07) is 0. The average molecular weight is 180 g/mol. The maximum Gasteiger partial charge on any atom is 0.391 e. The fraction of sp³-hybridized carbons (Fsp3) is 0.857. The van der Waals surface area contributed by atoms with E-state index >= 15 is 0 Å². The third-order valence-corrected chi connectivity index (χ3v) is 2.21. The third-order valence-electron chi connectivity index (χ3n) is 2.21. The summed E-state index contributed by atoms with van der Waals surface area (Å²) >= 11 is 0. The number of rotatable bonds is 0. The lowest BCUT2D eigenvalue weighted by Gasteiger charge is -2.24. The number of hydrogen-bond donors (Lipinski definition) is 1. The van der Waals surface area contributed by atoms with Crippen molar-refractivity contribution < 1.29 is 13.2 Å². The molecule has 0 heterocycles. The van der Waals surface area contributed by atoms with Gasteiger partial charge in [-0.3, -0.25) is 0 Å². The Morgan fingerprint density at radius 3 is 2.08 bits per heavy atom. The Kier molecular flexibility index (Phi) is 2.59. The second-order valence-corrected chi connectivity index (χ2v) is 3.01. The first-order valence-corrected chi connectivity index (χ1v) is 3.86. The van der Waals surface area contributed by atoms with E-state index in [1.54, 1.807) is 0 Å². The minimum Gasteiger partial charge on any atom is -0.323 e. The van der Waals surface area contributed by atoms with Crippen LogP contribution >= 0.6 is 0 Å². The first-order valence-electron chi connectivity index (χ1n) is 3.86. The zero-order chi connectivity index (χ0) is 9.19. The highest BCUT2D eigenvalue weighted by Crippen LogP contribution is 2.36. The van der Waals surface area contributed by atoms with Crippen LogP contribution in [0.3, 0.4) is 0 Å². The van der Waals surface area contributed by atoms with Gasteiger partial charge in [0.1, 0.15) is 0 Å². The second kappa shape index (κ2) is 3.33. The molecule has 0 radical (unpaired) electrons. The molecule has 1 aliphatic rings. The fourth-order valence-corrected chi connectivity index (χ4v) is 1.41. The van der Waals surface area contributed by atoms with Gasteiger partial charge in [0, 0.05) is 5.71 Å². The standard InChI is InChI=1S/C7H11F3N2/c8-7(9,10)5-1-3-6(12-11)4-2-5/h5H,1-4,11H2. The van der Waals surface area contributed by atoms with E-state index in [1.165, 1.54) is 0 Å². The van der Waals surface area contributed by atoms with Gasteiger partial charge in [0.25, 0.3) is 0 Å². The second-order valence-electron chi connectivity index (χ2n) is 3.01. The van der Waals surface area contributed by atoms with E-state index in [9.17, 15) is 13.2 Å². The summed E-state index contributed by atoms with van der Waals surface area (Å²) in [7, 11) is 0. The highest BCUT2D eigenvalue weighted by molar-refractivity contribution is 5.84. The van der Waals surface area contributed by atoms with E-state index in [2.05, 4.69) is 5.10 Å². The Morgan fingerprint density at radius 2 is 1.75 bits per heavy atom. The molecule has 0 aromatic rings. The van der Waals surface area contributed by atoms with Gasteiger partial charge in [0.05, 0.1) is 5.92 Å². The highest BCUT2D eigenvalue weighted by atomic mass is 19.4. The van der Waals surface area contributed by atoms with Crippen LogP contribution < -0.4 is 5.84 Å². The molecule has 1 fully saturated rings. The van der Waals surface area contributed by atoms with Gasteiger partial charge < -0.3 is 5.84 Å². The summed E-state index contributed by atoms with van der Waals surface area (Å²) in [5.41, 5.74) is 0.704. The van der Waals surface area contributed by atoms with Gasteiger partial charge in [-0.05, 0) is 25.7 Å². The van der Waals surface area contributed by atoms with Crippen LogP contribution in [0, 0.1) is 5.92 Å². The fourth-order valence-electron chi connectivity index (χ4n) is 1.41. The van der Waals surface area contributed by atoms with Crippen molar-refractivity contribution in [2.24, 2.45) is 16.9 Å². The molecule has 1 rings (SSSR count). The molecule has 70 valence electrons. The van der Waals surface area contributed by atoms with Gasteiger partial charge in [-0.25, -0.2) is 0 Å².